The number of anilines is 5. The molecule has 1 aromatic heterocycles. The highest BCUT2D eigenvalue weighted by Crippen LogP contribution is 2.33. The number of halogens is 1. The number of sulfonamides is 1. The topological polar surface area (TPSA) is 112 Å². The summed E-state index contributed by atoms with van der Waals surface area (Å²) in [6.45, 7) is 9.70. The second-order valence-electron chi connectivity index (χ2n) is 8.38. The van der Waals surface area contributed by atoms with Crippen LogP contribution < -0.4 is 25.0 Å². The molecule has 3 aromatic rings. The van der Waals surface area contributed by atoms with Crippen molar-refractivity contribution in [2.24, 2.45) is 0 Å². The van der Waals surface area contributed by atoms with Crippen molar-refractivity contribution in [1.82, 2.24) is 19.6 Å². The molecule has 0 radical (unpaired) electrons. The first-order valence-electron chi connectivity index (χ1n) is 12.2. The fourth-order valence-electron chi connectivity index (χ4n) is 4.09. The van der Waals surface area contributed by atoms with E-state index in [1.54, 1.807) is 18.2 Å². The molecule has 0 spiro atoms. The van der Waals surface area contributed by atoms with Crippen molar-refractivity contribution < 1.29 is 13.2 Å². The first-order valence-corrected chi connectivity index (χ1v) is 14.0. The van der Waals surface area contributed by atoms with Crippen LogP contribution in [0.5, 0.6) is 5.75 Å². The van der Waals surface area contributed by atoms with E-state index in [1.165, 1.54) is 19.3 Å². The number of nitrogens with one attached hydrogen (secondary N) is 3. The fraction of sp³-hybridized carbons (Fsp3) is 0.360. The maximum atomic E-state index is 12.4. The van der Waals surface area contributed by atoms with E-state index < -0.39 is 10.0 Å². The monoisotopic (exact) mass is 545 g/mol. The SMILES string of the molecule is CCOc1cc(N2CCN(CC)CC2)ccc1Nc1ncc(Cl)c(Nc2ccccc2S(=O)(=O)NC)n1. The molecule has 0 amide bonds. The minimum Gasteiger partial charge on any atom is -0.492 e. The smallest absolute Gasteiger partial charge is 0.242 e. The van der Waals surface area contributed by atoms with Crippen LogP contribution in [0, 0.1) is 0 Å². The Bertz CT molecular complexity index is 1330. The van der Waals surface area contributed by atoms with Gasteiger partial charge in [-0.15, -0.1) is 0 Å². The molecule has 1 aliphatic rings. The standard InChI is InChI=1S/C25H32ClN7O3S/c1-4-32-12-14-33(15-13-32)18-10-11-20(22(16-18)36-5-2)30-25-28-17-19(26)24(31-25)29-21-8-6-7-9-23(21)37(34,35)27-3/h6-11,16-17,27H,4-5,12-15H2,1-3H3,(H2,28,29,30,31). The van der Waals surface area contributed by atoms with E-state index in [2.05, 4.69) is 48.1 Å². The van der Waals surface area contributed by atoms with E-state index >= 15 is 0 Å². The zero-order valence-corrected chi connectivity index (χ0v) is 22.7. The van der Waals surface area contributed by atoms with Gasteiger partial charge in [0.05, 0.1) is 24.2 Å². The lowest BCUT2D eigenvalue weighted by atomic mass is 10.2. The summed E-state index contributed by atoms with van der Waals surface area (Å²) in [5, 5.41) is 6.48. The highest BCUT2D eigenvalue weighted by atomic mass is 35.5. The molecule has 3 N–H and O–H groups in total. The van der Waals surface area contributed by atoms with Crippen molar-refractivity contribution in [3.05, 3.63) is 53.7 Å². The van der Waals surface area contributed by atoms with Crippen LogP contribution in [0.2, 0.25) is 5.02 Å². The van der Waals surface area contributed by atoms with Crippen LogP contribution in [0.25, 0.3) is 0 Å². The van der Waals surface area contributed by atoms with Crippen molar-refractivity contribution in [2.75, 3.05) is 61.9 Å². The van der Waals surface area contributed by atoms with Crippen molar-refractivity contribution in [3.63, 3.8) is 0 Å². The summed E-state index contributed by atoms with van der Waals surface area (Å²) in [6, 6.07) is 12.5. The van der Waals surface area contributed by atoms with Crippen LogP contribution >= 0.6 is 11.6 Å². The van der Waals surface area contributed by atoms with Gasteiger partial charge < -0.3 is 25.2 Å². The van der Waals surface area contributed by atoms with Crippen molar-refractivity contribution in [1.29, 1.82) is 0 Å². The molecule has 1 aliphatic heterocycles. The number of likely N-dealkylation sites (N-methyl/N-ethyl adjacent to an activating group) is 1. The lowest BCUT2D eigenvalue weighted by Crippen LogP contribution is -2.46. The van der Waals surface area contributed by atoms with Crippen LogP contribution in [0.15, 0.2) is 53.6 Å². The van der Waals surface area contributed by atoms with Gasteiger partial charge in [0, 0.05) is 37.9 Å². The maximum absolute atomic E-state index is 12.4. The lowest BCUT2D eigenvalue weighted by molar-refractivity contribution is 0.271. The van der Waals surface area contributed by atoms with Gasteiger partial charge >= 0.3 is 0 Å². The zero-order chi connectivity index (χ0) is 26.4. The lowest BCUT2D eigenvalue weighted by Gasteiger charge is -2.35. The molecular weight excluding hydrogens is 514 g/mol. The number of benzene rings is 2. The fourth-order valence-corrected chi connectivity index (χ4v) is 5.11. The number of hydrogen-bond donors (Lipinski definition) is 3. The molecule has 12 heteroatoms. The Hall–Kier alpha value is -3.12. The Morgan fingerprint density at radius 1 is 1.03 bits per heavy atom. The highest BCUT2D eigenvalue weighted by Gasteiger charge is 2.19. The van der Waals surface area contributed by atoms with Gasteiger partial charge in [-0.3, -0.25) is 0 Å². The van der Waals surface area contributed by atoms with Gasteiger partial charge in [0.2, 0.25) is 16.0 Å². The van der Waals surface area contributed by atoms with Crippen LogP contribution in [-0.2, 0) is 10.0 Å². The summed E-state index contributed by atoms with van der Waals surface area (Å²) >= 11 is 6.34. The number of hydrogen-bond acceptors (Lipinski definition) is 9. The molecule has 0 saturated carbocycles. The van der Waals surface area contributed by atoms with Crippen LogP contribution in [0.1, 0.15) is 13.8 Å². The molecule has 1 saturated heterocycles. The van der Waals surface area contributed by atoms with E-state index in [0.717, 1.165) is 38.4 Å². The van der Waals surface area contributed by atoms with Crippen LogP contribution in [0.3, 0.4) is 0 Å². The molecule has 2 heterocycles. The number of para-hydroxylation sites is 1. The normalized spacial score (nSPS) is 14.4. The molecule has 2 aromatic carbocycles. The molecule has 0 aliphatic carbocycles. The molecule has 0 atom stereocenters. The van der Waals surface area contributed by atoms with E-state index in [0.29, 0.717) is 23.7 Å². The molecule has 10 nitrogen and oxygen atoms in total. The van der Waals surface area contributed by atoms with Crippen molar-refractivity contribution in [2.45, 2.75) is 18.7 Å². The Labute approximate surface area is 223 Å². The highest BCUT2D eigenvalue weighted by molar-refractivity contribution is 7.89. The van der Waals surface area contributed by atoms with Crippen LogP contribution in [0.4, 0.5) is 28.8 Å². The molecule has 0 bridgehead atoms. The molecule has 1 fully saturated rings. The first-order chi connectivity index (χ1) is 17.8. The Kier molecular flexibility index (Phi) is 8.70. The average molecular weight is 546 g/mol. The molecule has 198 valence electrons. The number of nitrogens with zero attached hydrogens (tertiary/aromatic N) is 4. The second kappa shape index (κ2) is 12.0. The van der Waals surface area contributed by atoms with Crippen molar-refractivity contribution in [3.8, 4) is 5.75 Å². The number of aromatic nitrogens is 2. The maximum Gasteiger partial charge on any atom is 0.242 e. The van der Waals surface area contributed by atoms with Gasteiger partial charge in [-0.2, -0.15) is 4.98 Å². The largest absolute Gasteiger partial charge is 0.492 e. The number of rotatable bonds is 10. The summed E-state index contributed by atoms with van der Waals surface area (Å²) < 4.78 is 33.1. The van der Waals surface area contributed by atoms with E-state index in [1.807, 2.05) is 19.1 Å². The van der Waals surface area contributed by atoms with Gasteiger partial charge in [0.1, 0.15) is 15.7 Å². The number of ether oxygens (including phenoxy) is 1. The molecule has 37 heavy (non-hydrogen) atoms. The Morgan fingerprint density at radius 3 is 2.49 bits per heavy atom. The molecular formula is C25H32ClN7O3S. The first kappa shape index (κ1) is 26.9. The summed E-state index contributed by atoms with van der Waals surface area (Å²) in [7, 11) is -2.33. The summed E-state index contributed by atoms with van der Waals surface area (Å²) in [6.07, 6.45) is 1.45. The van der Waals surface area contributed by atoms with Crippen molar-refractivity contribution >= 4 is 50.5 Å². The third-order valence-corrected chi connectivity index (χ3v) is 7.89. The predicted octanol–water partition coefficient (Wildman–Crippen LogP) is 4.07. The second-order valence-corrected chi connectivity index (χ2v) is 10.6. The van der Waals surface area contributed by atoms with E-state index in [9.17, 15) is 8.42 Å². The zero-order valence-electron chi connectivity index (χ0n) is 21.2. The van der Waals surface area contributed by atoms with Gasteiger partial charge in [-0.1, -0.05) is 30.7 Å². The summed E-state index contributed by atoms with van der Waals surface area (Å²) in [4.78, 5) is 13.7. The van der Waals surface area contributed by atoms with Gasteiger partial charge in [-0.05, 0) is 44.8 Å². The number of piperazine rings is 1. The quantitative estimate of drug-likeness (QED) is 0.347. The predicted molar refractivity (Wildman–Crippen MR) is 148 cm³/mol. The summed E-state index contributed by atoms with van der Waals surface area (Å²) in [5.74, 6) is 1.24. The Balaban J connectivity index is 1.57. The summed E-state index contributed by atoms with van der Waals surface area (Å²) in [5.41, 5.74) is 2.15. The molecule has 4 rings (SSSR count). The van der Waals surface area contributed by atoms with Gasteiger partial charge in [0.25, 0.3) is 0 Å². The minimum absolute atomic E-state index is 0.0793. The van der Waals surface area contributed by atoms with Gasteiger partial charge in [0.15, 0.2) is 5.82 Å². The minimum atomic E-state index is -3.69. The molecule has 0 unspecified atom stereocenters. The average Bonchev–Trinajstić information content (AvgIpc) is 2.92. The van der Waals surface area contributed by atoms with Gasteiger partial charge in [-0.25, -0.2) is 18.1 Å². The van der Waals surface area contributed by atoms with Crippen LogP contribution in [-0.4, -0.2) is 69.7 Å². The van der Waals surface area contributed by atoms with E-state index in [4.69, 9.17) is 16.3 Å². The third kappa shape index (κ3) is 6.42. The third-order valence-electron chi connectivity index (χ3n) is 6.14. The van der Waals surface area contributed by atoms with E-state index in [-0.39, 0.29) is 21.7 Å². The Morgan fingerprint density at radius 2 is 1.78 bits per heavy atom.